The number of nitriles is 1. The molecule has 1 N–H and O–H groups in total. The summed E-state index contributed by atoms with van der Waals surface area (Å²) in [6.07, 6.45) is 0.647. The van der Waals surface area contributed by atoms with E-state index in [2.05, 4.69) is 16.4 Å². The predicted molar refractivity (Wildman–Crippen MR) is 120 cm³/mol. The van der Waals surface area contributed by atoms with Crippen LogP contribution < -0.4 is 10.9 Å². The Labute approximate surface area is 185 Å². The third-order valence-electron chi connectivity index (χ3n) is 4.88. The number of nitrogens with zero attached hydrogens (tertiary/aromatic N) is 3. The number of nitrogens with one attached hydrogen (secondary N) is 1. The molecule has 7 nitrogen and oxygen atoms in total. The van der Waals surface area contributed by atoms with E-state index >= 15 is 0 Å². The summed E-state index contributed by atoms with van der Waals surface area (Å²) in [5.74, 6) is -0.304. The molecule has 0 radical (unpaired) electrons. The smallest absolute Gasteiger partial charge is 0.262 e. The highest BCUT2D eigenvalue weighted by Gasteiger charge is 2.30. The van der Waals surface area contributed by atoms with Gasteiger partial charge in [0.2, 0.25) is 5.91 Å². The Morgan fingerprint density at radius 3 is 2.83 bits per heavy atom. The summed E-state index contributed by atoms with van der Waals surface area (Å²) < 4.78 is 6.94. The van der Waals surface area contributed by atoms with Crippen molar-refractivity contribution in [2.24, 2.45) is 5.92 Å². The minimum atomic E-state index is -0.959. The molecule has 1 atom stereocenters. The molecule has 1 aromatic heterocycles. The van der Waals surface area contributed by atoms with Crippen LogP contribution in [-0.2, 0) is 16.1 Å². The molecule has 162 valence electrons. The molecule has 0 saturated carbocycles. The van der Waals surface area contributed by atoms with Crippen molar-refractivity contribution in [1.29, 1.82) is 5.26 Å². The van der Waals surface area contributed by atoms with E-state index in [1.54, 1.807) is 29.7 Å². The Balaban J connectivity index is 2.28. The number of hydrogen-bond acceptors (Lipinski definition) is 6. The highest BCUT2D eigenvalue weighted by atomic mass is 35.5. The fourth-order valence-electron chi connectivity index (χ4n) is 2.71. The second-order valence-corrected chi connectivity index (χ2v) is 8.75. The van der Waals surface area contributed by atoms with Crippen molar-refractivity contribution >= 4 is 40.2 Å². The van der Waals surface area contributed by atoms with Gasteiger partial charge in [-0.05, 0) is 44.4 Å². The third kappa shape index (κ3) is 5.97. The van der Waals surface area contributed by atoms with Crippen LogP contribution in [0, 0.1) is 17.2 Å². The van der Waals surface area contributed by atoms with Gasteiger partial charge in [0, 0.05) is 24.8 Å². The molecule has 1 unspecified atom stereocenters. The van der Waals surface area contributed by atoms with Crippen molar-refractivity contribution in [2.75, 3.05) is 19.0 Å². The van der Waals surface area contributed by atoms with E-state index in [-0.39, 0.29) is 23.1 Å². The molecule has 2 rings (SSSR count). The molecule has 9 heteroatoms. The third-order valence-corrected chi connectivity index (χ3v) is 6.09. The molecule has 1 heterocycles. The Morgan fingerprint density at radius 1 is 1.47 bits per heavy atom. The molecule has 0 aliphatic carbocycles. The minimum absolute atomic E-state index is 0.0357. The maximum Gasteiger partial charge on any atom is 0.262 e. The van der Waals surface area contributed by atoms with Gasteiger partial charge in [-0.3, -0.25) is 14.2 Å². The van der Waals surface area contributed by atoms with Crippen LogP contribution in [0.25, 0.3) is 10.9 Å². The molecule has 0 spiro atoms. The Kier molecular flexibility index (Phi) is 8.71. The number of hydrogen-bond donors (Lipinski definition) is 1. The van der Waals surface area contributed by atoms with Crippen LogP contribution >= 0.6 is 23.4 Å². The van der Waals surface area contributed by atoms with E-state index in [1.807, 2.05) is 20.8 Å². The number of amides is 1. The van der Waals surface area contributed by atoms with E-state index in [4.69, 9.17) is 16.3 Å². The lowest BCUT2D eigenvalue weighted by molar-refractivity contribution is -0.120. The molecule has 0 bridgehead atoms. The lowest BCUT2D eigenvalue weighted by Gasteiger charge is -2.27. The normalized spacial score (nSPS) is 13.2. The maximum absolute atomic E-state index is 13.0. The molecule has 0 saturated heterocycles. The van der Waals surface area contributed by atoms with Gasteiger partial charge in [0.1, 0.15) is 5.54 Å². The van der Waals surface area contributed by atoms with Crippen molar-refractivity contribution in [3.63, 3.8) is 0 Å². The van der Waals surface area contributed by atoms with E-state index in [0.29, 0.717) is 47.3 Å². The number of thioether (sulfide) groups is 1. The topological polar surface area (TPSA) is 97.0 Å². The number of aromatic nitrogens is 2. The van der Waals surface area contributed by atoms with Crippen molar-refractivity contribution in [3.05, 3.63) is 33.6 Å². The van der Waals surface area contributed by atoms with Crippen LogP contribution in [0.4, 0.5) is 0 Å². The predicted octanol–water partition coefficient (Wildman–Crippen LogP) is 3.62. The van der Waals surface area contributed by atoms with Crippen molar-refractivity contribution in [2.45, 2.75) is 51.4 Å². The van der Waals surface area contributed by atoms with Crippen LogP contribution in [-0.4, -0.2) is 40.0 Å². The highest BCUT2D eigenvalue weighted by molar-refractivity contribution is 7.99. The molecule has 1 amide bonds. The zero-order valence-corrected chi connectivity index (χ0v) is 19.3. The number of fused-ring (bicyclic) bond motifs is 1. The van der Waals surface area contributed by atoms with Gasteiger partial charge in [-0.2, -0.15) is 5.26 Å². The van der Waals surface area contributed by atoms with Crippen LogP contribution in [0.1, 0.15) is 34.1 Å². The number of halogens is 1. The number of rotatable bonds is 10. The van der Waals surface area contributed by atoms with E-state index in [1.165, 1.54) is 0 Å². The van der Waals surface area contributed by atoms with Gasteiger partial charge in [0.05, 0.1) is 22.7 Å². The summed E-state index contributed by atoms with van der Waals surface area (Å²) in [5, 5.41) is 13.6. The van der Waals surface area contributed by atoms with Crippen LogP contribution in [0.5, 0.6) is 0 Å². The van der Waals surface area contributed by atoms with Gasteiger partial charge in [-0.15, -0.1) is 0 Å². The first-order valence-electron chi connectivity index (χ1n) is 9.84. The second kappa shape index (κ2) is 10.8. The number of ether oxygens (including phenoxy) is 1. The maximum atomic E-state index is 13.0. The van der Waals surface area contributed by atoms with Gasteiger partial charge in [-0.25, -0.2) is 4.98 Å². The molecule has 0 fully saturated rings. The first kappa shape index (κ1) is 24.2. The zero-order chi connectivity index (χ0) is 22.3. The Hall–Kier alpha value is -2.08. The van der Waals surface area contributed by atoms with Gasteiger partial charge in [0.15, 0.2) is 5.16 Å². The quantitative estimate of drug-likeness (QED) is 0.337. The molecule has 0 aliphatic heterocycles. The highest BCUT2D eigenvalue weighted by Crippen LogP contribution is 2.21. The Bertz CT molecular complexity index is 1000. The van der Waals surface area contributed by atoms with Gasteiger partial charge in [0.25, 0.3) is 5.56 Å². The number of carbonyl (C=O) groups excluding carboxylic acids is 1. The summed E-state index contributed by atoms with van der Waals surface area (Å²) in [4.78, 5) is 30.1. The van der Waals surface area contributed by atoms with E-state index in [9.17, 15) is 14.9 Å². The average Bonchev–Trinajstić information content (AvgIpc) is 2.70. The monoisotopic (exact) mass is 450 g/mol. The van der Waals surface area contributed by atoms with E-state index < -0.39 is 5.54 Å². The molecule has 1 aromatic carbocycles. The average molecular weight is 451 g/mol. The lowest BCUT2D eigenvalue weighted by atomic mass is 9.90. The SMILES string of the molecule is CCOCCCn1c(SCC(=O)NC(C)(C#N)C(C)C)nc2cc(Cl)ccc2c1=O. The number of carbonyl (C=O) groups is 1. The largest absolute Gasteiger partial charge is 0.382 e. The van der Waals surface area contributed by atoms with Crippen molar-refractivity contribution < 1.29 is 9.53 Å². The second-order valence-electron chi connectivity index (χ2n) is 7.37. The van der Waals surface area contributed by atoms with Gasteiger partial charge in [-0.1, -0.05) is 37.2 Å². The standard InChI is InChI=1S/C21H27ClN4O3S/c1-5-29-10-6-9-26-19(28)16-8-7-15(22)11-17(16)24-20(26)30-12-18(27)25-21(4,13-23)14(2)3/h7-8,11,14H,5-6,9-10,12H2,1-4H3,(H,25,27). The van der Waals surface area contributed by atoms with Crippen molar-refractivity contribution in [1.82, 2.24) is 14.9 Å². The van der Waals surface area contributed by atoms with Crippen molar-refractivity contribution in [3.8, 4) is 6.07 Å². The first-order chi connectivity index (χ1) is 14.2. The summed E-state index contributed by atoms with van der Waals surface area (Å²) in [6, 6.07) is 7.11. The Morgan fingerprint density at radius 2 is 2.20 bits per heavy atom. The first-order valence-corrected chi connectivity index (χ1v) is 11.2. The molecule has 2 aromatic rings. The summed E-state index contributed by atoms with van der Waals surface area (Å²) >= 11 is 7.22. The number of benzene rings is 1. The summed E-state index contributed by atoms with van der Waals surface area (Å²) in [7, 11) is 0. The lowest BCUT2D eigenvalue weighted by Crippen LogP contribution is -2.49. The zero-order valence-electron chi connectivity index (χ0n) is 17.7. The molecule has 0 aliphatic rings. The summed E-state index contributed by atoms with van der Waals surface area (Å²) in [5.41, 5.74) is -0.653. The minimum Gasteiger partial charge on any atom is -0.382 e. The fraction of sp³-hybridized carbons (Fsp3) is 0.524. The molecular formula is C21H27ClN4O3S. The fourth-order valence-corrected chi connectivity index (χ4v) is 3.70. The molecular weight excluding hydrogens is 424 g/mol. The van der Waals surface area contributed by atoms with E-state index in [0.717, 1.165) is 11.8 Å². The van der Waals surface area contributed by atoms with Gasteiger partial charge >= 0.3 is 0 Å². The van der Waals surface area contributed by atoms with Gasteiger partial charge < -0.3 is 10.1 Å². The molecule has 30 heavy (non-hydrogen) atoms. The van der Waals surface area contributed by atoms with Crippen LogP contribution in [0.3, 0.4) is 0 Å². The van der Waals surface area contributed by atoms with Crippen LogP contribution in [0.15, 0.2) is 28.2 Å². The summed E-state index contributed by atoms with van der Waals surface area (Å²) in [6.45, 7) is 8.93. The van der Waals surface area contributed by atoms with Crippen LogP contribution in [0.2, 0.25) is 5.02 Å².